The van der Waals surface area contributed by atoms with Crippen molar-refractivity contribution in [3.63, 3.8) is 0 Å². The fourth-order valence-corrected chi connectivity index (χ4v) is 3.81. The summed E-state index contributed by atoms with van der Waals surface area (Å²) in [7, 11) is 1.66. The topological polar surface area (TPSA) is 64.1 Å². The number of methoxy groups -OCH3 is 1. The number of carbonyl (C=O) groups excluding carboxylic acids is 1. The molecule has 2 aromatic heterocycles. The highest BCUT2D eigenvalue weighted by Gasteiger charge is 2.12. The first-order chi connectivity index (χ1) is 12.3. The van der Waals surface area contributed by atoms with Crippen LogP contribution in [0.25, 0.3) is 21.6 Å². The molecule has 0 saturated heterocycles. The molecule has 3 rings (SSSR count). The Morgan fingerprint density at radius 1 is 1.24 bits per heavy atom. The van der Waals surface area contributed by atoms with E-state index in [9.17, 15) is 4.79 Å². The summed E-state index contributed by atoms with van der Waals surface area (Å²) >= 11 is 3.05. The number of para-hydroxylation sites is 1. The minimum Gasteiger partial charge on any atom is -0.385 e. The van der Waals surface area contributed by atoms with Gasteiger partial charge in [-0.3, -0.25) is 4.79 Å². The molecule has 1 N–H and O–H groups in total. The lowest BCUT2D eigenvalue weighted by atomic mass is 10.2. The number of benzene rings is 1. The van der Waals surface area contributed by atoms with Crippen molar-refractivity contribution in [2.45, 2.75) is 11.4 Å². The molecule has 3 aromatic rings. The van der Waals surface area contributed by atoms with Gasteiger partial charge in [-0.25, -0.2) is 9.97 Å². The van der Waals surface area contributed by atoms with Gasteiger partial charge in [0.2, 0.25) is 5.91 Å². The number of fused-ring (bicyclic) bond motifs is 1. The number of amides is 1. The van der Waals surface area contributed by atoms with Gasteiger partial charge >= 0.3 is 0 Å². The zero-order chi connectivity index (χ0) is 17.5. The largest absolute Gasteiger partial charge is 0.385 e. The van der Waals surface area contributed by atoms with Gasteiger partial charge in [0.1, 0.15) is 5.03 Å². The summed E-state index contributed by atoms with van der Waals surface area (Å²) in [5, 5.41) is 6.71. The highest BCUT2D eigenvalue weighted by atomic mass is 32.2. The molecule has 25 heavy (non-hydrogen) atoms. The first-order valence-corrected chi connectivity index (χ1v) is 9.83. The highest BCUT2D eigenvalue weighted by Crippen LogP contribution is 2.29. The lowest BCUT2D eigenvalue weighted by Crippen LogP contribution is -2.26. The molecule has 0 radical (unpaired) electrons. The van der Waals surface area contributed by atoms with Crippen LogP contribution in [0.4, 0.5) is 0 Å². The third kappa shape index (κ3) is 4.78. The zero-order valence-electron chi connectivity index (χ0n) is 13.9. The smallest absolute Gasteiger partial charge is 0.230 e. The normalized spacial score (nSPS) is 10.9. The van der Waals surface area contributed by atoms with Gasteiger partial charge in [-0.15, -0.1) is 11.3 Å². The number of thioether (sulfide) groups is 1. The lowest BCUT2D eigenvalue weighted by molar-refractivity contribution is -0.118. The number of hydrogen-bond donors (Lipinski definition) is 1. The molecular weight excluding hydrogens is 354 g/mol. The molecule has 0 atom stereocenters. The Balaban J connectivity index is 1.74. The predicted molar refractivity (Wildman–Crippen MR) is 103 cm³/mol. The number of ether oxygens (including phenoxy) is 1. The van der Waals surface area contributed by atoms with E-state index in [0.717, 1.165) is 27.2 Å². The van der Waals surface area contributed by atoms with Crippen LogP contribution in [0, 0.1) is 0 Å². The summed E-state index contributed by atoms with van der Waals surface area (Å²) < 4.78 is 4.98. The van der Waals surface area contributed by atoms with E-state index in [2.05, 4.69) is 15.3 Å². The average molecular weight is 374 g/mol. The summed E-state index contributed by atoms with van der Waals surface area (Å²) in [5.74, 6) is 1.04. The van der Waals surface area contributed by atoms with Gasteiger partial charge in [0.15, 0.2) is 5.82 Å². The summed E-state index contributed by atoms with van der Waals surface area (Å²) in [5.41, 5.74) is 0.893. The zero-order valence-corrected chi connectivity index (χ0v) is 15.5. The molecule has 0 saturated carbocycles. The Hall–Kier alpha value is -1.96. The number of aromatic nitrogens is 2. The second-order valence-electron chi connectivity index (χ2n) is 5.33. The van der Waals surface area contributed by atoms with Crippen LogP contribution in [0.3, 0.4) is 0 Å². The van der Waals surface area contributed by atoms with E-state index < -0.39 is 0 Å². The molecule has 0 aliphatic heterocycles. The Morgan fingerprint density at radius 2 is 2.12 bits per heavy atom. The maximum Gasteiger partial charge on any atom is 0.230 e. The summed E-state index contributed by atoms with van der Waals surface area (Å²) in [6.45, 7) is 1.27. The van der Waals surface area contributed by atoms with E-state index in [0.29, 0.717) is 24.7 Å². The predicted octanol–water partition coefficient (Wildman–Crippen LogP) is 3.60. The first-order valence-electron chi connectivity index (χ1n) is 7.97. The minimum atomic E-state index is 0.00136. The van der Waals surface area contributed by atoms with E-state index in [1.54, 1.807) is 18.4 Å². The maximum atomic E-state index is 12.0. The fraction of sp³-hybridized carbons (Fsp3) is 0.278. The van der Waals surface area contributed by atoms with Crippen LogP contribution in [0.5, 0.6) is 0 Å². The second kappa shape index (κ2) is 8.94. The van der Waals surface area contributed by atoms with Gasteiger partial charge in [0.25, 0.3) is 0 Å². The standard InChI is InChI=1S/C18H19N3O2S2/c1-23-10-5-9-19-16(22)12-25-18-13-6-2-3-7-14(13)20-17(21-18)15-8-4-11-24-15/h2-4,6-8,11H,5,9-10,12H2,1H3,(H,19,22). The van der Waals surface area contributed by atoms with Gasteiger partial charge < -0.3 is 10.1 Å². The van der Waals surface area contributed by atoms with Crippen LogP contribution < -0.4 is 5.32 Å². The van der Waals surface area contributed by atoms with Gasteiger partial charge in [-0.2, -0.15) is 0 Å². The van der Waals surface area contributed by atoms with Crippen LogP contribution in [0.15, 0.2) is 46.8 Å². The second-order valence-corrected chi connectivity index (χ2v) is 7.24. The average Bonchev–Trinajstić information content (AvgIpc) is 3.18. The van der Waals surface area contributed by atoms with Gasteiger partial charge in [0, 0.05) is 25.6 Å². The molecule has 130 valence electrons. The quantitative estimate of drug-likeness (QED) is 0.371. The van der Waals surface area contributed by atoms with Gasteiger partial charge in [-0.1, -0.05) is 36.0 Å². The van der Waals surface area contributed by atoms with Crippen LogP contribution in [0.1, 0.15) is 6.42 Å². The number of hydrogen-bond acceptors (Lipinski definition) is 6. The van der Waals surface area contributed by atoms with Gasteiger partial charge in [-0.05, 0) is 23.9 Å². The summed E-state index contributed by atoms with van der Waals surface area (Å²) in [6.07, 6.45) is 0.811. The van der Waals surface area contributed by atoms with E-state index >= 15 is 0 Å². The number of rotatable bonds is 8. The number of nitrogens with one attached hydrogen (secondary N) is 1. The monoisotopic (exact) mass is 373 g/mol. The first kappa shape index (κ1) is 17.8. The highest BCUT2D eigenvalue weighted by molar-refractivity contribution is 8.00. The summed E-state index contributed by atoms with van der Waals surface area (Å²) in [4.78, 5) is 22.4. The molecule has 5 nitrogen and oxygen atoms in total. The Kier molecular flexibility index (Phi) is 6.38. The number of carbonyl (C=O) groups is 1. The molecule has 0 fully saturated rings. The van der Waals surface area contributed by atoms with E-state index in [4.69, 9.17) is 4.74 Å². The molecule has 0 spiro atoms. The van der Waals surface area contributed by atoms with Crippen molar-refractivity contribution in [1.82, 2.24) is 15.3 Å². The van der Waals surface area contributed by atoms with Crippen molar-refractivity contribution >= 4 is 39.9 Å². The molecule has 1 amide bonds. The van der Waals surface area contributed by atoms with E-state index in [-0.39, 0.29) is 5.91 Å². The lowest BCUT2D eigenvalue weighted by Gasteiger charge is -2.08. The van der Waals surface area contributed by atoms with Crippen molar-refractivity contribution in [3.05, 3.63) is 41.8 Å². The fourth-order valence-electron chi connectivity index (χ4n) is 2.30. The molecule has 0 bridgehead atoms. The van der Waals surface area contributed by atoms with E-state index in [1.165, 1.54) is 11.8 Å². The van der Waals surface area contributed by atoms with Crippen LogP contribution in [0.2, 0.25) is 0 Å². The van der Waals surface area contributed by atoms with Crippen LogP contribution >= 0.6 is 23.1 Å². The molecule has 0 aliphatic carbocycles. The molecule has 0 unspecified atom stereocenters. The Bertz CT molecular complexity index is 837. The molecule has 1 aromatic carbocycles. The summed E-state index contributed by atoms with van der Waals surface area (Å²) in [6, 6.07) is 11.9. The third-order valence-corrected chi connectivity index (χ3v) is 5.35. The van der Waals surface area contributed by atoms with Crippen molar-refractivity contribution in [3.8, 4) is 10.7 Å². The molecular formula is C18H19N3O2S2. The minimum absolute atomic E-state index is 0.00136. The Labute approximate surface area is 154 Å². The molecule has 2 heterocycles. The Morgan fingerprint density at radius 3 is 2.92 bits per heavy atom. The molecule has 0 aliphatic rings. The van der Waals surface area contributed by atoms with Crippen molar-refractivity contribution < 1.29 is 9.53 Å². The SMILES string of the molecule is COCCCNC(=O)CSc1nc(-c2cccs2)nc2ccccc12. The third-order valence-electron chi connectivity index (χ3n) is 3.50. The number of thiophene rings is 1. The van der Waals surface area contributed by atoms with Crippen molar-refractivity contribution in [2.75, 3.05) is 26.0 Å². The molecule has 7 heteroatoms. The van der Waals surface area contributed by atoms with Crippen molar-refractivity contribution in [1.29, 1.82) is 0 Å². The van der Waals surface area contributed by atoms with Gasteiger partial charge in [0.05, 0.1) is 16.1 Å². The maximum absolute atomic E-state index is 12.0. The van der Waals surface area contributed by atoms with Crippen molar-refractivity contribution in [2.24, 2.45) is 0 Å². The van der Waals surface area contributed by atoms with Crippen LogP contribution in [-0.4, -0.2) is 41.9 Å². The van der Waals surface area contributed by atoms with E-state index in [1.807, 2.05) is 41.8 Å². The van der Waals surface area contributed by atoms with Crippen LogP contribution in [-0.2, 0) is 9.53 Å². The number of nitrogens with zero attached hydrogens (tertiary/aromatic N) is 2.